The van der Waals surface area contributed by atoms with Crippen LogP contribution in [-0.2, 0) is 17.9 Å². The third-order valence-corrected chi connectivity index (χ3v) is 5.02. The molecule has 0 amide bonds. The Kier molecular flexibility index (Phi) is 6.82. The molecular weight excluding hydrogens is 345 g/mol. The highest BCUT2D eigenvalue weighted by atomic mass is 19.1. The molecular formula is C22H26FNO3. The van der Waals surface area contributed by atoms with Gasteiger partial charge in [-0.1, -0.05) is 24.3 Å². The molecule has 4 nitrogen and oxygen atoms in total. The molecule has 27 heavy (non-hydrogen) atoms. The molecule has 2 aromatic rings. The number of halogens is 1. The van der Waals surface area contributed by atoms with Gasteiger partial charge < -0.3 is 9.84 Å². The molecule has 1 aliphatic heterocycles. The van der Waals surface area contributed by atoms with E-state index in [0.29, 0.717) is 12.5 Å². The summed E-state index contributed by atoms with van der Waals surface area (Å²) in [7, 11) is 0. The summed E-state index contributed by atoms with van der Waals surface area (Å²) in [6.07, 6.45) is 3.28. The minimum atomic E-state index is -0.705. The number of piperidine rings is 1. The lowest BCUT2D eigenvalue weighted by atomic mass is 9.93. The number of likely N-dealkylation sites (tertiary alicyclic amines) is 1. The first-order valence-electron chi connectivity index (χ1n) is 9.49. The van der Waals surface area contributed by atoms with Crippen LogP contribution < -0.4 is 4.74 Å². The summed E-state index contributed by atoms with van der Waals surface area (Å²) in [6.45, 7) is 3.32. The van der Waals surface area contributed by atoms with Gasteiger partial charge in [-0.3, -0.25) is 9.69 Å². The third kappa shape index (κ3) is 6.36. The number of carbonyl (C=O) groups is 1. The fraction of sp³-hybridized carbons (Fsp3) is 0.409. The second-order valence-electron chi connectivity index (χ2n) is 7.23. The molecule has 2 aromatic carbocycles. The number of carboxylic acids is 1. The van der Waals surface area contributed by atoms with E-state index >= 15 is 0 Å². The monoisotopic (exact) mass is 371 g/mol. The first kappa shape index (κ1) is 19.4. The first-order chi connectivity index (χ1) is 13.1. The van der Waals surface area contributed by atoms with Crippen LogP contribution in [0.3, 0.4) is 0 Å². The molecule has 144 valence electrons. The van der Waals surface area contributed by atoms with Crippen LogP contribution in [0, 0.1) is 11.7 Å². The van der Waals surface area contributed by atoms with Gasteiger partial charge in [0.1, 0.15) is 18.2 Å². The van der Waals surface area contributed by atoms with Crippen LogP contribution in [0.15, 0.2) is 48.5 Å². The molecule has 1 heterocycles. The van der Waals surface area contributed by atoms with Gasteiger partial charge in [-0.15, -0.1) is 0 Å². The maximum Gasteiger partial charge on any atom is 0.303 e. The van der Waals surface area contributed by atoms with Crippen LogP contribution >= 0.6 is 0 Å². The van der Waals surface area contributed by atoms with Crippen molar-refractivity contribution in [2.45, 2.75) is 38.8 Å². The van der Waals surface area contributed by atoms with Crippen molar-refractivity contribution in [3.05, 3.63) is 65.5 Å². The maximum absolute atomic E-state index is 12.9. The van der Waals surface area contributed by atoms with Crippen molar-refractivity contribution in [3.8, 4) is 5.75 Å². The Labute approximate surface area is 159 Å². The smallest absolute Gasteiger partial charge is 0.303 e. The predicted octanol–water partition coefficient (Wildman–Crippen LogP) is 4.48. The Morgan fingerprint density at radius 1 is 1.11 bits per heavy atom. The number of ether oxygens (including phenoxy) is 1. The van der Waals surface area contributed by atoms with Crippen LogP contribution in [0.2, 0.25) is 0 Å². The zero-order chi connectivity index (χ0) is 19.1. The Bertz CT molecular complexity index is 730. The largest absolute Gasteiger partial charge is 0.489 e. The normalized spacial score (nSPS) is 17.6. The van der Waals surface area contributed by atoms with Gasteiger partial charge in [-0.2, -0.15) is 0 Å². The van der Waals surface area contributed by atoms with Gasteiger partial charge in [0, 0.05) is 19.5 Å². The zero-order valence-corrected chi connectivity index (χ0v) is 15.4. The second kappa shape index (κ2) is 9.51. The number of rotatable bonds is 8. The van der Waals surface area contributed by atoms with E-state index in [1.165, 1.54) is 17.7 Å². The van der Waals surface area contributed by atoms with Crippen LogP contribution in [0.4, 0.5) is 4.39 Å². The summed E-state index contributed by atoms with van der Waals surface area (Å²) in [5.74, 6) is 0.323. The van der Waals surface area contributed by atoms with E-state index in [2.05, 4.69) is 17.0 Å². The van der Waals surface area contributed by atoms with Crippen LogP contribution in [-0.4, -0.2) is 29.1 Å². The number of carboxylic acid groups (broad SMARTS) is 1. The molecule has 0 radical (unpaired) electrons. The van der Waals surface area contributed by atoms with Crippen molar-refractivity contribution in [2.24, 2.45) is 5.92 Å². The summed E-state index contributed by atoms with van der Waals surface area (Å²) in [5, 5.41) is 8.86. The van der Waals surface area contributed by atoms with Gasteiger partial charge in [0.25, 0.3) is 0 Å². The van der Waals surface area contributed by atoms with Crippen molar-refractivity contribution >= 4 is 5.97 Å². The van der Waals surface area contributed by atoms with Crippen molar-refractivity contribution in [2.75, 3.05) is 13.1 Å². The van der Waals surface area contributed by atoms with Gasteiger partial charge in [0.2, 0.25) is 0 Å². The lowest BCUT2D eigenvalue weighted by Crippen LogP contribution is -2.35. The van der Waals surface area contributed by atoms with Gasteiger partial charge in [-0.05, 0) is 67.1 Å². The van der Waals surface area contributed by atoms with E-state index < -0.39 is 5.97 Å². The summed E-state index contributed by atoms with van der Waals surface area (Å²) < 4.78 is 18.7. The van der Waals surface area contributed by atoms with Crippen molar-refractivity contribution < 1.29 is 19.0 Å². The number of benzene rings is 2. The highest BCUT2D eigenvalue weighted by molar-refractivity contribution is 5.66. The molecule has 0 spiro atoms. The summed E-state index contributed by atoms with van der Waals surface area (Å²) >= 11 is 0. The Balaban J connectivity index is 1.47. The van der Waals surface area contributed by atoms with E-state index in [9.17, 15) is 9.18 Å². The Hall–Kier alpha value is -2.40. The number of aliphatic carboxylic acids is 1. The first-order valence-corrected chi connectivity index (χ1v) is 9.49. The molecule has 1 saturated heterocycles. The van der Waals surface area contributed by atoms with Gasteiger partial charge in [0.05, 0.1) is 0 Å². The van der Waals surface area contributed by atoms with Crippen LogP contribution in [0.1, 0.15) is 36.8 Å². The maximum atomic E-state index is 12.9. The standard InChI is InChI=1S/C22H26FNO3/c23-20-8-3-19(4-9-20)16-27-21-10-5-18(6-11-21)15-24-13-1-2-17(14-24)7-12-22(25)26/h3-6,8-11,17H,1-2,7,12-16H2,(H,25,26). The van der Waals surface area contributed by atoms with E-state index in [0.717, 1.165) is 50.2 Å². The second-order valence-corrected chi connectivity index (χ2v) is 7.23. The van der Waals surface area contributed by atoms with Gasteiger partial charge >= 0.3 is 5.97 Å². The van der Waals surface area contributed by atoms with E-state index in [4.69, 9.17) is 9.84 Å². The molecule has 0 saturated carbocycles. The van der Waals surface area contributed by atoms with Crippen molar-refractivity contribution in [1.82, 2.24) is 4.90 Å². The minimum absolute atomic E-state index is 0.244. The van der Waals surface area contributed by atoms with E-state index in [-0.39, 0.29) is 12.2 Å². The molecule has 3 rings (SSSR count). The molecule has 0 aliphatic carbocycles. The molecule has 1 unspecified atom stereocenters. The highest BCUT2D eigenvalue weighted by Gasteiger charge is 2.20. The van der Waals surface area contributed by atoms with Crippen LogP contribution in [0.25, 0.3) is 0 Å². The molecule has 1 N–H and O–H groups in total. The molecule has 0 bridgehead atoms. The zero-order valence-electron chi connectivity index (χ0n) is 15.4. The quantitative estimate of drug-likeness (QED) is 0.743. The number of nitrogens with zero attached hydrogens (tertiary/aromatic N) is 1. The predicted molar refractivity (Wildman–Crippen MR) is 102 cm³/mol. The van der Waals surface area contributed by atoms with Crippen molar-refractivity contribution in [1.29, 1.82) is 0 Å². The fourth-order valence-corrected chi connectivity index (χ4v) is 3.55. The van der Waals surface area contributed by atoms with Gasteiger partial charge in [-0.25, -0.2) is 4.39 Å². The Morgan fingerprint density at radius 2 is 1.81 bits per heavy atom. The van der Waals surface area contributed by atoms with E-state index in [1.54, 1.807) is 12.1 Å². The van der Waals surface area contributed by atoms with Gasteiger partial charge in [0.15, 0.2) is 0 Å². The molecule has 1 fully saturated rings. The Morgan fingerprint density at radius 3 is 2.52 bits per heavy atom. The summed E-state index contributed by atoms with van der Waals surface area (Å²) in [6, 6.07) is 14.4. The minimum Gasteiger partial charge on any atom is -0.489 e. The fourth-order valence-electron chi connectivity index (χ4n) is 3.55. The average molecular weight is 371 g/mol. The molecule has 1 aliphatic rings. The third-order valence-electron chi connectivity index (χ3n) is 5.02. The van der Waals surface area contributed by atoms with E-state index in [1.807, 2.05) is 12.1 Å². The van der Waals surface area contributed by atoms with Crippen molar-refractivity contribution in [3.63, 3.8) is 0 Å². The molecule has 0 aromatic heterocycles. The lowest BCUT2D eigenvalue weighted by molar-refractivity contribution is -0.137. The van der Waals surface area contributed by atoms with Crippen LogP contribution in [0.5, 0.6) is 5.75 Å². The molecule has 5 heteroatoms. The number of hydrogen-bond acceptors (Lipinski definition) is 3. The summed E-state index contributed by atoms with van der Waals surface area (Å²) in [4.78, 5) is 13.2. The SMILES string of the molecule is O=C(O)CCC1CCCN(Cc2ccc(OCc3ccc(F)cc3)cc2)C1. The summed E-state index contributed by atoms with van der Waals surface area (Å²) in [5.41, 5.74) is 2.16. The average Bonchev–Trinajstić information content (AvgIpc) is 2.67. The lowest BCUT2D eigenvalue weighted by Gasteiger charge is -2.32. The number of hydrogen-bond donors (Lipinski definition) is 1. The topological polar surface area (TPSA) is 49.8 Å². The highest BCUT2D eigenvalue weighted by Crippen LogP contribution is 2.23. The molecule has 1 atom stereocenters.